The van der Waals surface area contributed by atoms with E-state index in [1.165, 1.54) is 0 Å². The van der Waals surface area contributed by atoms with Crippen LogP contribution in [0.3, 0.4) is 0 Å². The molecule has 0 bridgehead atoms. The Morgan fingerprint density at radius 1 is 1.26 bits per heavy atom. The summed E-state index contributed by atoms with van der Waals surface area (Å²) in [5.41, 5.74) is 0. The number of unbranched alkanes of at least 4 members (excludes halogenated alkanes) is 1. The predicted molar refractivity (Wildman–Crippen MR) is 77.3 cm³/mol. The van der Waals surface area contributed by atoms with Crippen LogP contribution in [-0.4, -0.2) is 50.2 Å². The molecule has 1 aliphatic rings. The molecule has 112 valence electrons. The van der Waals surface area contributed by atoms with Gasteiger partial charge in [-0.2, -0.15) is 0 Å². The van der Waals surface area contributed by atoms with Crippen LogP contribution in [0.5, 0.6) is 0 Å². The Morgan fingerprint density at radius 3 is 2.84 bits per heavy atom. The first-order chi connectivity index (χ1) is 9.33. The average Bonchev–Trinajstić information content (AvgIpc) is 2.45. The molecule has 0 spiro atoms. The molecule has 0 fully saturated rings. The van der Waals surface area contributed by atoms with Gasteiger partial charge in [0.2, 0.25) is 0 Å². The molecule has 0 aliphatic heterocycles. The summed E-state index contributed by atoms with van der Waals surface area (Å²) in [4.78, 5) is 0. The number of aliphatic hydroxyl groups excluding tert-OH is 1. The zero-order valence-electron chi connectivity index (χ0n) is 12.1. The number of hydrogen-bond donors (Lipinski definition) is 2. The van der Waals surface area contributed by atoms with E-state index in [9.17, 15) is 5.11 Å². The molecule has 19 heavy (non-hydrogen) atoms. The highest BCUT2D eigenvalue weighted by molar-refractivity contribution is 4.93. The first kappa shape index (κ1) is 16.6. The molecule has 1 aliphatic carbocycles. The monoisotopic (exact) mass is 271 g/mol. The summed E-state index contributed by atoms with van der Waals surface area (Å²) in [5, 5.41) is 13.2. The number of allylic oxidation sites excluding steroid dienone is 1. The van der Waals surface area contributed by atoms with Crippen LogP contribution in [0.15, 0.2) is 12.2 Å². The fourth-order valence-corrected chi connectivity index (χ4v) is 2.03. The summed E-state index contributed by atoms with van der Waals surface area (Å²) in [6, 6.07) is 0.511. The van der Waals surface area contributed by atoms with Crippen LogP contribution < -0.4 is 5.32 Å². The summed E-state index contributed by atoms with van der Waals surface area (Å²) < 4.78 is 10.8. The minimum Gasteiger partial charge on any atom is -0.389 e. The Hall–Kier alpha value is -0.420. The van der Waals surface area contributed by atoms with Gasteiger partial charge in [-0.05, 0) is 25.7 Å². The maximum absolute atomic E-state index is 9.77. The first-order valence-electron chi connectivity index (χ1n) is 7.55. The van der Waals surface area contributed by atoms with E-state index in [4.69, 9.17) is 9.47 Å². The maximum atomic E-state index is 9.77. The molecule has 1 rings (SSSR count). The molecule has 2 atom stereocenters. The van der Waals surface area contributed by atoms with Gasteiger partial charge in [0.1, 0.15) is 0 Å². The number of ether oxygens (including phenoxy) is 2. The van der Waals surface area contributed by atoms with Crippen LogP contribution in [0, 0.1) is 0 Å². The van der Waals surface area contributed by atoms with Crippen LogP contribution in [0.2, 0.25) is 0 Å². The second kappa shape index (κ2) is 11.4. The number of rotatable bonds is 11. The minimum absolute atomic E-state index is 0.382. The lowest BCUT2D eigenvalue weighted by atomic mass is 10.0. The van der Waals surface area contributed by atoms with Crippen molar-refractivity contribution >= 4 is 0 Å². The lowest BCUT2D eigenvalue weighted by molar-refractivity contribution is 0.00313. The Bertz CT molecular complexity index is 233. The third-order valence-corrected chi connectivity index (χ3v) is 3.24. The molecule has 0 amide bonds. The van der Waals surface area contributed by atoms with Crippen molar-refractivity contribution in [2.24, 2.45) is 0 Å². The molecule has 0 heterocycles. The van der Waals surface area contributed by atoms with Crippen LogP contribution in [-0.2, 0) is 9.47 Å². The zero-order valence-corrected chi connectivity index (χ0v) is 12.1. The van der Waals surface area contributed by atoms with Crippen LogP contribution in [0.25, 0.3) is 0 Å². The molecule has 2 unspecified atom stereocenters. The van der Waals surface area contributed by atoms with E-state index in [0.717, 1.165) is 38.7 Å². The van der Waals surface area contributed by atoms with E-state index in [2.05, 4.69) is 24.4 Å². The van der Waals surface area contributed by atoms with Gasteiger partial charge in [-0.1, -0.05) is 25.5 Å². The summed E-state index contributed by atoms with van der Waals surface area (Å²) in [6.45, 7) is 5.12. The lowest BCUT2D eigenvalue weighted by Gasteiger charge is -2.21. The molecule has 4 heteroatoms. The molecule has 0 aromatic carbocycles. The summed E-state index contributed by atoms with van der Waals surface area (Å²) >= 11 is 0. The van der Waals surface area contributed by atoms with Crippen molar-refractivity contribution in [2.75, 3.05) is 33.0 Å². The predicted octanol–water partition coefficient (Wildman–Crippen LogP) is 1.88. The Balaban J connectivity index is 1.87. The van der Waals surface area contributed by atoms with Gasteiger partial charge < -0.3 is 19.9 Å². The standard InChI is InChI=1S/C15H29NO3/c1-2-3-9-18-10-11-19-13-15(17)12-16-14-7-5-4-6-8-14/h4-5,14-17H,2-3,6-13H2,1H3. The summed E-state index contributed by atoms with van der Waals surface area (Å²) in [5.74, 6) is 0. The molecular formula is C15H29NO3. The van der Waals surface area contributed by atoms with Crippen molar-refractivity contribution in [1.82, 2.24) is 5.32 Å². The van der Waals surface area contributed by atoms with Gasteiger partial charge in [0, 0.05) is 19.2 Å². The van der Waals surface area contributed by atoms with Crippen LogP contribution in [0.4, 0.5) is 0 Å². The van der Waals surface area contributed by atoms with Crippen molar-refractivity contribution in [3.8, 4) is 0 Å². The summed E-state index contributed by atoms with van der Waals surface area (Å²) in [7, 11) is 0. The van der Waals surface area contributed by atoms with E-state index in [0.29, 0.717) is 32.4 Å². The normalized spacial score (nSPS) is 20.6. The van der Waals surface area contributed by atoms with E-state index in [-0.39, 0.29) is 0 Å². The van der Waals surface area contributed by atoms with Gasteiger partial charge >= 0.3 is 0 Å². The van der Waals surface area contributed by atoms with E-state index in [1.54, 1.807) is 0 Å². The Morgan fingerprint density at radius 2 is 2.11 bits per heavy atom. The van der Waals surface area contributed by atoms with Gasteiger partial charge in [-0.3, -0.25) is 0 Å². The minimum atomic E-state index is -0.429. The lowest BCUT2D eigenvalue weighted by Crippen LogP contribution is -2.38. The quantitative estimate of drug-likeness (QED) is 0.445. The van der Waals surface area contributed by atoms with Gasteiger partial charge in [0.25, 0.3) is 0 Å². The SMILES string of the molecule is CCCCOCCOCC(O)CNC1CC=CCC1. The third-order valence-electron chi connectivity index (χ3n) is 3.24. The Labute approximate surface area is 117 Å². The zero-order chi connectivity index (χ0) is 13.8. The molecule has 0 aromatic rings. The first-order valence-corrected chi connectivity index (χ1v) is 7.55. The summed E-state index contributed by atoms with van der Waals surface area (Å²) in [6.07, 6.45) is 9.62. The maximum Gasteiger partial charge on any atom is 0.0897 e. The van der Waals surface area contributed by atoms with Gasteiger partial charge in [0.05, 0.1) is 25.9 Å². The van der Waals surface area contributed by atoms with Gasteiger partial charge in [0.15, 0.2) is 0 Å². The van der Waals surface area contributed by atoms with Gasteiger partial charge in [-0.15, -0.1) is 0 Å². The fraction of sp³-hybridized carbons (Fsp3) is 0.867. The second-order valence-corrected chi connectivity index (χ2v) is 5.08. The van der Waals surface area contributed by atoms with Crippen molar-refractivity contribution in [3.63, 3.8) is 0 Å². The van der Waals surface area contributed by atoms with Crippen LogP contribution >= 0.6 is 0 Å². The third kappa shape index (κ3) is 9.16. The molecule has 4 nitrogen and oxygen atoms in total. The molecule has 0 aromatic heterocycles. The smallest absolute Gasteiger partial charge is 0.0897 e. The molecule has 0 saturated heterocycles. The van der Waals surface area contributed by atoms with Crippen molar-refractivity contribution in [2.45, 2.75) is 51.2 Å². The highest BCUT2D eigenvalue weighted by atomic mass is 16.5. The topological polar surface area (TPSA) is 50.7 Å². The largest absolute Gasteiger partial charge is 0.389 e. The fourth-order valence-electron chi connectivity index (χ4n) is 2.03. The number of nitrogens with one attached hydrogen (secondary N) is 1. The van der Waals surface area contributed by atoms with Crippen molar-refractivity contribution < 1.29 is 14.6 Å². The van der Waals surface area contributed by atoms with E-state index < -0.39 is 6.10 Å². The highest BCUT2D eigenvalue weighted by Gasteiger charge is 2.11. The van der Waals surface area contributed by atoms with Gasteiger partial charge in [-0.25, -0.2) is 0 Å². The van der Waals surface area contributed by atoms with Crippen LogP contribution in [0.1, 0.15) is 39.0 Å². The molecule has 0 saturated carbocycles. The van der Waals surface area contributed by atoms with E-state index >= 15 is 0 Å². The molecular weight excluding hydrogens is 242 g/mol. The number of hydrogen-bond acceptors (Lipinski definition) is 4. The molecule has 0 radical (unpaired) electrons. The van der Waals surface area contributed by atoms with Crippen molar-refractivity contribution in [1.29, 1.82) is 0 Å². The Kier molecular flexibility index (Phi) is 9.99. The highest BCUT2D eigenvalue weighted by Crippen LogP contribution is 2.10. The van der Waals surface area contributed by atoms with Crippen molar-refractivity contribution in [3.05, 3.63) is 12.2 Å². The second-order valence-electron chi connectivity index (χ2n) is 5.08. The number of aliphatic hydroxyl groups is 1. The van der Waals surface area contributed by atoms with E-state index in [1.807, 2.05) is 0 Å². The molecule has 2 N–H and O–H groups in total. The average molecular weight is 271 g/mol.